The summed E-state index contributed by atoms with van der Waals surface area (Å²) in [4.78, 5) is 0. The van der Waals surface area contributed by atoms with Crippen molar-refractivity contribution in [1.29, 1.82) is 0 Å². The molecule has 0 radical (unpaired) electrons. The van der Waals surface area contributed by atoms with Crippen molar-refractivity contribution in [3.8, 4) is 0 Å². The van der Waals surface area contributed by atoms with Crippen LogP contribution >= 0.6 is 0 Å². The van der Waals surface area contributed by atoms with E-state index in [9.17, 15) is 0 Å². The third-order valence-corrected chi connectivity index (χ3v) is 5.29. The highest BCUT2D eigenvalue weighted by atomic mass is 28.3. The summed E-state index contributed by atoms with van der Waals surface area (Å²) >= 11 is 0. The van der Waals surface area contributed by atoms with Crippen LogP contribution in [0.25, 0.3) is 0 Å². The lowest BCUT2D eigenvalue weighted by Gasteiger charge is -2.19. The van der Waals surface area contributed by atoms with E-state index in [1.165, 1.54) is 11.1 Å². The Morgan fingerprint density at radius 2 is 1.06 bits per heavy atom. The predicted molar refractivity (Wildman–Crippen MR) is 85.4 cm³/mol. The van der Waals surface area contributed by atoms with Crippen LogP contribution in [0.3, 0.4) is 0 Å². The van der Waals surface area contributed by atoms with Gasteiger partial charge in [0.2, 0.25) is 0 Å². The van der Waals surface area contributed by atoms with E-state index in [1.54, 1.807) is 0 Å². The molecule has 0 atom stereocenters. The summed E-state index contributed by atoms with van der Waals surface area (Å²) in [6.07, 6.45) is 0. The molecule has 0 aliphatic carbocycles. The molecule has 0 saturated carbocycles. The van der Waals surface area contributed by atoms with Gasteiger partial charge in [-0.3, -0.25) is 0 Å². The molecule has 0 aromatic heterocycles. The van der Waals surface area contributed by atoms with Crippen molar-refractivity contribution in [2.45, 2.75) is 51.4 Å². The fourth-order valence-electron chi connectivity index (χ4n) is 1.94. The van der Waals surface area contributed by atoms with Crippen molar-refractivity contribution in [1.82, 2.24) is 0 Å². The Labute approximate surface area is 110 Å². The fraction of sp³-hybridized carbons (Fsp3) is 0.714. The smallest absolute Gasteiger partial charge is 0.0675 e. The monoisotopic (exact) mass is 270 g/mol. The molecule has 0 amide bonds. The van der Waals surface area contributed by atoms with E-state index in [0.717, 1.165) is 12.1 Å². The van der Waals surface area contributed by atoms with E-state index < -0.39 is 16.1 Å². The number of hydrogen-bond acceptors (Lipinski definition) is 1. The van der Waals surface area contributed by atoms with Crippen LogP contribution in [0.2, 0.25) is 51.4 Å². The Kier molecular flexibility index (Phi) is 6.66. The maximum atomic E-state index is 5.69. The summed E-state index contributed by atoms with van der Waals surface area (Å²) < 4.78 is 5.69. The first-order valence-corrected chi connectivity index (χ1v) is 13.8. The molecule has 0 spiro atoms. The van der Waals surface area contributed by atoms with Crippen molar-refractivity contribution in [3.63, 3.8) is 0 Å². The standard InChI is InChI=1S/C14H30OSi2/c1-13(11-16(3,4)5)9-15-10-14(2)12-17(6,7)8/h1-2,9-12H2,3-8H3. The van der Waals surface area contributed by atoms with Gasteiger partial charge in [-0.15, -0.1) is 0 Å². The van der Waals surface area contributed by atoms with E-state index in [0.29, 0.717) is 13.2 Å². The molecule has 0 unspecified atom stereocenters. The number of hydrogen-bond donors (Lipinski definition) is 0. The van der Waals surface area contributed by atoms with Crippen molar-refractivity contribution in [2.75, 3.05) is 13.2 Å². The van der Waals surface area contributed by atoms with Gasteiger partial charge in [-0.1, -0.05) is 63.6 Å². The van der Waals surface area contributed by atoms with Crippen LogP contribution in [-0.2, 0) is 4.74 Å². The van der Waals surface area contributed by atoms with Gasteiger partial charge in [0.1, 0.15) is 0 Å². The highest BCUT2D eigenvalue weighted by Gasteiger charge is 2.16. The lowest BCUT2D eigenvalue weighted by molar-refractivity contribution is 0.180. The summed E-state index contributed by atoms with van der Waals surface area (Å²) in [5, 5.41) is 0. The summed E-state index contributed by atoms with van der Waals surface area (Å²) in [5.41, 5.74) is 2.48. The topological polar surface area (TPSA) is 9.23 Å². The summed E-state index contributed by atoms with van der Waals surface area (Å²) in [6.45, 7) is 23.8. The average Bonchev–Trinajstić information content (AvgIpc) is 1.95. The van der Waals surface area contributed by atoms with E-state index in [1.807, 2.05) is 0 Å². The molecule has 0 heterocycles. The molecule has 17 heavy (non-hydrogen) atoms. The Bertz CT molecular complexity index is 241. The molecule has 0 aliphatic heterocycles. The molecule has 0 N–H and O–H groups in total. The van der Waals surface area contributed by atoms with E-state index in [2.05, 4.69) is 52.4 Å². The average molecular weight is 271 g/mol. The van der Waals surface area contributed by atoms with Crippen LogP contribution in [-0.4, -0.2) is 29.4 Å². The molecule has 1 nitrogen and oxygen atoms in total. The van der Waals surface area contributed by atoms with Crippen molar-refractivity contribution in [2.24, 2.45) is 0 Å². The normalized spacial score (nSPS) is 12.6. The molecule has 0 aromatic carbocycles. The third kappa shape index (κ3) is 12.1. The quantitative estimate of drug-likeness (QED) is 0.455. The first kappa shape index (κ1) is 16.9. The predicted octanol–water partition coefficient (Wildman–Crippen LogP) is 4.79. The lowest BCUT2D eigenvalue weighted by Crippen LogP contribution is -2.22. The van der Waals surface area contributed by atoms with Gasteiger partial charge < -0.3 is 4.74 Å². The van der Waals surface area contributed by atoms with Crippen LogP contribution in [0, 0.1) is 0 Å². The van der Waals surface area contributed by atoms with Crippen molar-refractivity contribution < 1.29 is 4.74 Å². The largest absolute Gasteiger partial charge is 0.373 e. The van der Waals surface area contributed by atoms with Crippen molar-refractivity contribution >= 4 is 16.1 Å². The van der Waals surface area contributed by atoms with Gasteiger partial charge in [0.25, 0.3) is 0 Å². The molecule has 0 aliphatic rings. The third-order valence-electron chi connectivity index (χ3n) is 2.17. The molecule has 0 fully saturated rings. The van der Waals surface area contributed by atoms with E-state index >= 15 is 0 Å². The van der Waals surface area contributed by atoms with Crippen molar-refractivity contribution in [3.05, 3.63) is 24.3 Å². The Hall–Kier alpha value is -0.126. The zero-order chi connectivity index (χ0) is 13.7. The highest BCUT2D eigenvalue weighted by molar-refractivity contribution is 6.77. The minimum atomic E-state index is -1.03. The summed E-state index contributed by atoms with van der Waals surface area (Å²) in [5.74, 6) is 0. The minimum absolute atomic E-state index is 0.703. The molecular weight excluding hydrogens is 240 g/mol. The van der Waals surface area contributed by atoms with Crippen LogP contribution in [0.5, 0.6) is 0 Å². The van der Waals surface area contributed by atoms with Crippen LogP contribution in [0.1, 0.15) is 0 Å². The Morgan fingerprint density at radius 1 is 0.765 bits per heavy atom. The van der Waals surface area contributed by atoms with Gasteiger partial charge in [0.05, 0.1) is 13.2 Å². The molecule has 0 saturated heterocycles. The van der Waals surface area contributed by atoms with Crippen LogP contribution in [0.15, 0.2) is 24.3 Å². The second kappa shape index (κ2) is 6.71. The fourth-order valence-corrected chi connectivity index (χ4v) is 5.15. The van der Waals surface area contributed by atoms with Gasteiger partial charge in [-0.05, 0) is 12.1 Å². The Balaban J connectivity index is 3.78. The molecule has 0 bridgehead atoms. The Morgan fingerprint density at radius 3 is 1.29 bits per heavy atom. The molecule has 100 valence electrons. The van der Waals surface area contributed by atoms with Gasteiger partial charge in [0.15, 0.2) is 0 Å². The van der Waals surface area contributed by atoms with Gasteiger partial charge >= 0.3 is 0 Å². The highest BCUT2D eigenvalue weighted by Crippen LogP contribution is 2.17. The SMILES string of the molecule is C=C(COCC(=C)C[Si](C)(C)C)C[Si](C)(C)C. The second-order valence-electron chi connectivity index (χ2n) is 7.47. The first-order valence-electron chi connectivity index (χ1n) is 6.41. The minimum Gasteiger partial charge on any atom is -0.373 e. The molecule has 0 rings (SSSR count). The second-order valence-corrected chi connectivity index (χ2v) is 18.4. The zero-order valence-corrected chi connectivity index (χ0v) is 14.7. The summed E-state index contributed by atoms with van der Waals surface area (Å²) in [6, 6.07) is 2.32. The zero-order valence-electron chi connectivity index (χ0n) is 12.7. The summed E-state index contributed by atoms with van der Waals surface area (Å²) in [7, 11) is -2.06. The lowest BCUT2D eigenvalue weighted by atomic mass is 10.3. The van der Waals surface area contributed by atoms with Gasteiger partial charge in [0, 0.05) is 16.1 Å². The molecular formula is C14H30OSi2. The number of ether oxygens (including phenoxy) is 1. The van der Waals surface area contributed by atoms with E-state index in [-0.39, 0.29) is 0 Å². The maximum absolute atomic E-state index is 5.69. The van der Waals surface area contributed by atoms with Crippen LogP contribution < -0.4 is 0 Å². The molecule has 3 heteroatoms. The van der Waals surface area contributed by atoms with Crippen LogP contribution in [0.4, 0.5) is 0 Å². The van der Waals surface area contributed by atoms with E-state index in [4.69, 9.17) is 4.74 Å². The van der Waals surface area contributed by atoms with Gasteiger partial charge in [-0.25, -0.2) is 0 Å². The van der Waals surface area contributed by atoms with Gasteiger partial charge in [-0.2, -0.15) is 0 Å². The molecule has 0 aromatic rings. The maximum Gasteiger partial charge on any atom is 0.0675 e. The number of rotatable bonds is 8. The first-order chi connectivity index (χ1) is 7.49.